The highest BCUT2D eigenvalue weighted by Crippen LogP contribution is 2.17. The Morgan fingerprint density at radius 2 is 0.595 bits per heavy atom. The second-order valence-electron chi connectivity index (χ2n) is 17.3. The van der Waals surface area contributed by atoms with Crippen LogP contribution in [-0.2, 0) is 51.9 Å². The number of nitrogens with one attached hydrogen (secondary N) is 8. The van der Waals surface area contributed by atoms with Crippen LogP contribution >= 0.6 is 0 Å². The summed E-state index contributed by atoms with van der Waals surface area (Å²) in [6.07, 6.45) is 11.8. The Morgan fingerprint density at radius 3 is 0.824 bits per heavy atom. The van der Waals surface area contributed by atoms with E-state index in [0.29, 0.717) is 13.1 Å². The predicted octanol–water partition coefficient (Wildman–Crippen LogP) is -0.407. The Bertz CT molecular complexity index is 2920. The molecule has 0 aliphatic carbocycles. The molecule has 30 nitrogen and oxygen atoms in total. The fraction of sp³-hybridized carbons (Fsp3) is 0.364. The van der Waals surface area contributed by atoms with Crippen molar-refractivity contribution in [3.8, 4) is 0 Å². The van der Waals surface area contributed by atoms with Crippen molar-refractivity contribution in [1.82, 2.24) is 77.7 Å². The summed E-state index contributed by atoms with van der Waals surface area (Å²) in [6.45, 7) is 2.50. The van der Waals surface area contributed by atoms with Gasteiger partial charge in [0.15, 0.2) is 34.9 Å². The SMILES string of the molecule is CN(C)CCCNC(=O)c1nc(NC(=O)c2nc(NC(=O)c3nc(NC(=O)/C=C/C(=O)Nc4cn(C)c(C(=O)Nc5cn(C)c(C(=O)Nc6cn(C)c(C(=O)NCCCN(C)C)n6)n5)n4)cn3C)cn2C)cn1C. The molecule has 6 rings (SSSR count). The van der Waals surface area contributed by atoms with Crippen molar-refractivity contribution < 1.29 is 38.4 Å². The van der Waals surface area contributed by atoms with E-state index < -0.39 is 47.3 Å². The Kier molecular flexibility index (Phi) is 17.3. The van der Waals surface area contributed by atoms with E-state index in [1.165, 1.54) is 78.7 Å². The number of carbonyl (C=O) groups excluding carboxylic acids is 8. The minimum atomic E-state index is -0.769. The van der Waals surface area contributed by atoms with Gasteiger partial charge in [-0.2, -0.15) is 0 Å². The van der Waals surface area contributed by atoms with Gasteiger partial charge in [-0.05, 0) is 54.1 Å². The van der Waals surface area contributed by atoms with Gasteiger partial charge in [0.05, 0.1) is 0 Å². The molecule has 6 aromatic heterocycles. The number of anilines is 6. The number of aryl methyl sites for hydroxylation is 6. The third kappa shape index (κ3) is 14.2. The summed E-state index contributed by atoms with van der Waals surface area (Å²) >= 11 is 0. The highest BCUT2D eigenvalue weighted by Gasteiger charge is 2.24. The third-order valence-corrected chi connectivity index (χ3v) is 10.5. The van der Waals surface area contributed by atoms with Crippen molar-refractivity contribution in [2.24, 2.45) is 42.3 Å². The lowest BCUT2D eigenvalue weighted by atomic mass is 10.4. The molecule has 6 aromatic rings. The molecule has 392 valence electrons. The van der Waals surface area contributed by atoms with Gasteiger partial charge >= 0.3 is 0 Å². The lowest BCUT2D eigenvalue weighted by Gasteiger charge is -2.09. The molecular formula is C44H58N22O8. The highest BCUT2D eigenvalue weighted by molar-refractivity contribution is 6.08. The summed E-state index contributed by atoms with van der Waals surface area (Å²) in [6, 6.07) is 0. The summed E-state index contributed by atoms with van der Waals surface area (Å²) in [5, 5.41) is 20.9. The predicted molar refractivity (Wildman–Crippen MR) is 268 cm³/mol. The number of amides is 8. The topological polar surface area (TPSA) is 346 Å². The number of carbonyl (C=O) groups is 8. The van der Waals surface area contributed by atoms with E-state index in [4.69, 9.17) is 0 Å². The van der Waals surface area contributed by atoms with Gasteiger partial charge < -0.3 is 79.7 Å². The molecule has 8 N–H and O–H groups in total. The average molecular weight is 1020 g/mol. The second-order valence-corrected chi connectivity index (χ2v) is 17.3. The molecule has 0 aliphatic rings. The van der Waals surface area contributed by atoms with Crippen LogP contribution in [0.4, 0.5) is 34.9 Å². The van der Waals surface area contributed by atoms with Crippen molar-refractivity contribution in [2.75, 3.05) is 86.3 Å². The van der Waals surface area contributed by atoms with E-state index in [1.54, 1.807) is 28.2 Å². The quantitative estimate of drug-likeness (QED) is 0.0317. The van der Waals surface area contributed by atoms with E-state index in [9.17, 15) is 38.4 Å². The first-order valence-electron chi connectivity index (χ1n) is 22.7. The maximum Gasteiger partial charge on any atom is 0.292 e. The van der Waals surface area contributed by atoms with E-state index >= 15 is 0 Å². The first-order chi connectivity index (χ1) is 35.0. The molecule has 0 aromatic carbocycles. The minimum Gasteiger partial charge on any atom is -0.349 e. The zero-order valence-electron chi connectivity index (χ0n) is 42.4. The summed E-state index contributed by atoms with van der Waals surface area (Å²) in [4.78, 5) is 133. The molecule has 0 atom stereocenters. The molecule has 6 heterocycles. The maximum atomic E-state index is 13.2. The zero-order valence-corrected chi connectivity index (χ0v) is 42.4. The first-order valence-corrected chi connectivity index (χ1v) is 22.7. The van der Waals surface area contributed by atoms with E-state index in [0.717, 1.165) is 38.1 Å². The summed E-state index contributed by atoms with van der Waals surface area (Å²) < 4.78 is 8.41. The zero-order chi connectivity index (χ0) is 54.0. The van der Waals surface area contributed by atoms with Crippen LogP contribution in [0.25, 0.3) is 0 Å². The normalized spacial score (nSPS) is 11.2. The average Bonchev–Trinajstić information content (AvgIpc) is 4.19. The Labute approximate surface area is 423 Å². The maximum absolute atomic E-state index is 13.2. The lowest BCUT2D eigenvalue weighted by Crippen LogP contribution is -2.29. The van der Waals surface area contributed by atoms with Crippen LogP contribution in [0.15, 0.2) is 49.3 Å². The number of aromatic nitrogens is 12. The van der Waals surface area contributed by atoms with Crippen molar-refractivity contribution in [2.45, 2.75) is 12.8 Å². The van der Waals surface area contributed by atoms with Crippen LogP contribution in [0.3, 0.4) is 0 Å². The second kappa shape index (κ2) is 23.7. The number of hydrogen-bond donors (Lipinski definition) is 8. The number of imidazole rings is 6. The summed E-state index contributed by atoms with van der Waals surface area (Å²) in [7, 11) is 17.1. The first kappa shape index (κ1) is 54.0. The summed E-state index contributed by atoms with van der Waals surface area (Å²) in [5.74, 6) is -5.09. The van der Waals surface area contributed by atoms with Crippen LogP contribution in [0.2, 0.25) is 0 Å². The van der Waals surface area contributed by atoms with E-state index in [2.05, 4.69) is 72.4 Å². The molecule has 0 saturated carbocycles. The van der Waals surface area contributed by atoms with Crippen LogP contribution in [-0.4, -0.2) is 169 Å². The smallest absolute Gasteiger partial charge is 0.292 e. The van der Waals surface area contributed by atoms with Crippen molar-refractivity contribution >= 4 is 82.2 Å². The Balaban J connectivity index is 0.964. The van der Waals surface area contributed by atoms with Crippen LogP contribution in [0, 0.1) is 0 Å². The molecular weight excluding hydrogens is 965 g/mol. The molecule has 0 aliphatic heterocycles. The Morgan fingerprint density at radius 1 is 0.378 bits per heavy atom. The van der Waals surface area contributed by atoms with E-state index in [-0.39, 0.29) is 69.9 Å². The lowest BCUT2D eigenvalue weighted by molar-refractivity contribution is -0.114. The number of nitrogens with zero attached hydrogens (tertiary/aromatic N) is 14. The largest absolute Gasteiger partial charge is 0.349 e. The van der Waals surface area contributed by atoms with Gasteiger partial charge in [0.1, 0.15) is 0 Å². The molecule has 0 spiro atoms. The fourth-order valence-electron chi connectivity index (χ4n) is 6.95. The van der Waals surface area contributed by atoms with Gasteiger partial charge in [0.2, 0.25) is 46.8 Å². The summed E-state index contributed by atoms with van der Waals surface area (Å²) in [5.41, 5.74) is 0. The molecule has 0 radical (unpaired) electrons. The van der Waals surface area contributed by atoms with Crippen molar-refractivity contribution in [3.63, 3.8) is 0 Å². The molecule has 0 bridgehead atoms. The van der Waals surface area contributed by atoms with Gasteiger partial charge in [0.25, 0.3) is 35.4 Å². The fourth-order valence-corrected chi connectivity index (χ4v) is 6.95. The highest BCUT2D eigenvalue weighted by atomic mass is 16.2. The number of hydrogen-bond acceptors (Lipinski definition) is 16. The minimum absolute atomic E-state index is 0.0150. The van der Waals surface area contributed by atoms with Gasteiger partial charge in [-0.25, -0.2) is 29.9 Å². The van der Waals surface area contributed by atoms with Gasteiger partial charge in [-0.1, -0.05) is 0 Å². The number of rotatable bonds is 22. The molecule has 8 amide bonds. The molecule has 0 fully saturated rings. The molecule has 0 unspecified atom stereocenters. The van der Waals surface area contributed by atoms with Crippen LogP contribution in [0.5, 0.6) is 0 Å². The standard InChI is InChI=1S/C44H58N22O8/c1-59(2)17-11-15-45-39(69)33-51-27(21-61(33)5)55-43(73)37-53-29(23-65(37)9)57-41(71)35-49-25(19-63(35)7)47-31(67)13-14-32(68)48-26-20-64(8)36(50-26)42(72)58-30-24-66(10)38(54-30)44(74)56-28-22-62(6)34(52-28)40(70)46-16-12-18-60(3)4/h13-14,19-24H,11-12,15-18H2,1-10H3,(H,45,69)(H,46,70)(H,47,67)(H,48,68)(H,55,73)(H,56,74)(H,57,71)(H,58,72)/b14-13+. The molecule has 30 heteroatoms. The van der Waals surface area contributed by atoms with Gasteiger partial charge in [0, 0.05) is 105 Å². The molecule has 0 saturated heterocycles. The van der Waals surface area contributed by atoms with E-state index in [1.807, 2.05) is 38.0 Å². The van der Waals surface area contributed by atoms with Gasteiger partial charge in [-0.3, -0.25) is 38.4 Å². The van der Waals surface area contributed by atoms with Crippen molar-refractivity contribution in [1.29, 1.82) is 0 Å². The monoisotopic (exact) mass is 1020 g/mol. The molecule has 74 heavy (non-hydrogen) atoms. The van der Waals surface area contributed by atoms with Gasteiger partial charge in [-0.15, -0.1) is 0 Å². The van der Waals surface area contributed by atoms with Crippen LogP contribution < -0.4 is 42.5 Å². The third-order valence-electron chi connectivity index (χ3n) is 10.5. The van der Waals surface area contributed by atoms with Crippen LogP contribution in [0.1, 0.15) is 76.6 Å². The Hall–Kier alpha value is -9.32. The van der Waals surface area contributed by atoms with Crippen molar-refractivity contribution in [3.05, 3.63) is 84.3 Å².